The van der Waals surface area contributed by atoms with Crippen molar-refractivity contribution in [3.05, 3.63) is 63.8 Å². The number of aromatic hydroxyl groups is 1. The third-order valence-corrected chi connectivity index (χ3v) is 3.85. The number of rotatable bonds is 3. The van der Waals surface area contributed by atoms with Gasteiger partial charge < -0.3 is 20.4 Å². The van der Waals surface area contributed by atoms with Gasteiger partial charge in [-0.05, 0) is 36.8 Å². The van der Waals surface area contributed by atoms with Crippen molar-refractivity contribution in [1.29, 1.82) is 0 Å². The molecule has 0 fully saturated rings. The lowest BCUT2D eigenvalue weighted by Gasteiger charge is -2.07. The average molecular weight is 303 g/mol. The fourth-order valence-electron chi connectivity index (χ4n) is 2.53. The Morgan fingerprint density at radius 1 is 1.19 bits per heavy atom. The number of halogens is 1. The van der Waals surface area contributed by atoms with E-state index in [1.807, 2.05) is 49.4 Å². The summed E-state index contributed by atoms with van der Waals surface area (Å²) in [7, 11) is 0. The van der Waals surface area contributed by atoms with Crippen molar-refractivity contribution in [2.45, 2.75) is 13.5 Å². The number of quaternary nitrogens is 1. The largest absolute Gasteiger partial charge is 0.630 e. The van der Waals surface area contributed by atoms with E-state index in [0.717, 1.165) is 22.0 Å². The first-order valence-electron chi connectivity index (χ1n) is 6.61. The van der Waals surface area contributed by atoms with E-state index in [-0.39, 0.29) is 5.88 Å². The molecule has 0 unspecified atom stereocenters. The van der Waals surface area contributed by atoms with Gasteiger partial charge in [0, 0.05) is 5.02 Å². The zero-order valence-corrected chi connectivity index (χ0v) is 12.3. The van der Waals surface area contributed by atoms with E-state index in [9.17, 15) is 10.3 Å². The molecule has 0 saturated carbocycles. The van der Waals surface area contributed by atoms with Crippen molar-refractivity contribution in [2.24, 2.45) is 0 Å². The molecule has 21 heavy (non-hydrogen) atoms. The van der Waals surface area contributed by atoms with E-state index in [0.29, 0.717) is 22.7 Å². The van der Waals surface area contributed by atoms with Crippen LogP contribution in [-0.2, 0) is 6.54 Å². The highest BCUT2D eigenvalue weighted by Crippen LogP contribution is 2.34. The van der Waals surface area contributed by atoms with Crippen LogP contribution in [0.1, 0.15) is 11.1 Å². The number of aromatic nitrogens is 1. The molecule has 0 atom stereocenters. The summed E-state index contributed by atoms with van der Waals surface area (Å²) in [6, 6.07) is 13.2. The van der Waals surface area contributed by atoms with E-state index < -0.39 is 0 Å². The standard InChI is InChI=1S/C16H15ClN2O2/c1-10-2-7-14-13(8-10)15(18-21)16(20)19(14)9-11-3-5-12(17)6-4-11/h2-8,20H,9,18H2,1H3. The van der Waals surface area contributed by atoms with E-state index in [4.69, 9.17) is 11.6 Å². The molecule has 1 heterocycles. The molecule has 3 aromatic rings. The molecule has 0 bridgehead atoms. The van der Waals surface area contributed by atoms with Gasteiger partial charge in [-0.25, -0.2) is 0 Å². The third-order valence-electron chi connectivity index (χ3n) is 3.60. The van der Waals surface area contributed by atoms with Crippen molar-refractivity contribution in [1.82, 2.24) is 4.57 Å². The predicted molar refractivity (Wildman–Crippen MR) is 83.8 cm³/mol. The summed E-state index contributed by atoms with van der Waals surface area (Å²) in [4.78, 5) is 0. The molecule has 5 heteroatoms. The number of nitrogens with zero attached hydrogens (tertiary/aromatic N) is 1. The van der Waals surface area contributed by atoms with Crippen LogP contribution in [0.15, 0.2) is 42.5 Å². The molecular formula is C16H15ClN2O2. The van der Waals surface area contributed by atoms with E-state index >= 15 is 0 Å². The second-order valence-corrected chi connectivity index (χ2v) is 5.52. The molecular weight excluding hydrogens is 288 g/mol. The minimum Gasteiger partial charge on any atom is -0.630 e. The second-order valence-electron chi connectivity index (χ2n) is 5.09. The van der Waals surface area contributed by atoms with Crippen LogP contribution in [0.2, 0.25) is 5.02 Å². The third kappa shape index (κ3) is 2.49. The lowest BCUT2D eigenvalue weighted by molar-refractivity contribution is -0.496. The van der Waals surface area contributed by atoms with Gasteiger partial charge in [0.25, 0.3) is 5.88 Å². The van der Waals surface area contributed by atoms with Gasteiger partial charge in [-0.1, -0.05) is 35.4 Å². The maximum atomic E-state index is 11.3. The minimum absolute atomic E-state index is 0.000509. The van der Waals surface area contributed by atoms with E-state index in [2.05, 4.69) is 0 Å². The van der Waals surface area contributed by atoms with Gasteiger partial charge in [-0.15, -0.1) is 0 Å². The van der Waals surface area contributed by atoms with Gasteiger partial charge in [0.2, 0.25) is 0 Å². The molecule has 0 aliphatic rings. The first-order chi connectivity index (χ1) is 10.1. The highest BCUT2D eigenvalue weighted by molar-refractivity contribution is 6.30. The zero-order valence-electron chi connectivity index (χ0n) is 11.5. The first-order valence-corrected chi connectivity index (χ1v) is 6.99. The zero-order chi connectivity index (χ0) is 15.0. The van der Waals surface area contributed by atoms with Crippen LogP contribution in [-0.4, -0.2) is 9.67 Å². The molecule has 108 valence electrons. The van der Waals surface area contributed by atoms with Crippen LogP contribution < -0.4 is 5.48 Å². The van der Waals surface area contributed by atoms with E-state index in [1.165, 1.54) is 0 Å². The number of nitrogens with two attached hydrogens (primary N) is 1. The van der Waals surface area contributed by atoms with Crippen molar-refractivity contribution >= 4 is 28.2 Å². The van der Waals surface area contributed by atoms with Gasteiger partial charge in [0.05, 0.1) is 17.4 Å². The molecule has 2 aromatic carbocycles. The smallest absolute Gasteiger partial charge is 0.256 e. The quantitative estimate of drug-likeness (QED) is 0.730. The van der Waals surface area contributed by atoms with Gasteiger partial charge in [-0.2, -0.15) is 0 Å². The van der Waals surface area contributed by atoms with Gasteiger partial charge in [0.15, 0.2) is 5.69 Å². The lowest BCUT2D eigenvalue weighted by atomic mass is 10.1. The normalized spacial score (nSPS) is 11.2. The molecule has 0 radical (unpaired) electrons. The van der Waals surface area contributed by atoms with Gasteiger partial charge in [0.1, 0.15) is 0 Å². The highest BCUT2D eigenvalue weighted by atomic mass is 35.5. The summed E-state index contributed by atoms with van der Waals surface area (Å²) in [5, 5.41) is 23.0. The molecule has 0 spiro atoms. The summed E-state index contributed by atoms with van der Waals surface area (Å²) < 4.78 is 1.74. The number of fused-ring (bicyclic) bond motifs is 1. The molecule has 3 N–H and O–H groups in total. The van der Waals surface area contributed by atoms with Gasteiger partial charge in [-0.3, -0.25) is 0 Å². The number of benzene rings is 2. The summed E-state index contributed by atoms with van der Waals surface area (Å²) >= 11 is 5.88. The van der Waals surface area contributed by atoms with Crippen LogP contribution in [0.3, 0.4) is 0 Å². The summed E-state index contributed by atoms with van der Waals surface area (Å²) in [6.07, 6.45) is 0. The molecule has 0 aliphatic carbocycles. The summed E-state index contributed by atoms with van der Waals surface area (Å²) in [5.74, 6) is 0.000509. The molecule has 0 saturated heterocycles. The Hall–Kier alpha value is -2.01. The number of aryl methyl sites for hydroxylation is 1. The minimum atomic E-state index is 0.000509. The van der Waals surface area contributed by atoms with Gasteiger partial charge >= 0.3 is 0 Å². The Morgan fingerprint density at radius 2 is 1.90 bits per heavy atom. The van der Waals surface area contributed by atoms with Crippen LogP contribution >= 0.6 is 11.6 Å². The average Bonchev–Trinajstić information content (AvgIpc) is 2.73. The first kappa shape index (κ1) is 13.9. The lowest BCUT2D eigenvalue weighted by Crippen LogP contribution is -2.70. The number of hydrogen-bond donors (Lipinski definition) is 2. The van der Waals surface area contributed by atoms with E-state index in [1.54, 1.807) is 4.57 Å². The van der Waals surface area contributed by atoms with Crippen LogP contribution in [0.5, 0.6) is 5.88 Å². The van der Waals surface area contributed by atoms with Crippen molar-refractivity contribution in [2.75, 3.05) is 0 Å². The molecule has 1 aromatic heterocycles. The second kappa shape index (κ2) is 5.41. The predicted octanol–water partition coefficient (Wildman–Crippen LogP) is 3.05. The van der Waals surface area contributed by atoms with Crippen molar-refractivity contribution in [3.63, 3.8) is 0 Å². The number of hydrogen-bond acceptors (Lipinski definition) is 2. The Morgan fingerprint density at radius 3 is 2.57 bits per heavy atom. The Labute approximate surface area is 127 Å². The molecule has 0 amide bonds. The monoisotopic (exact) mass is 302 g/mol. The molecule has 0 aliphatic heterocycles. The molecule has 3 rings (SSSR count). The SMILES string of the molecule is Cc1ccc2c(c1)c([NH2+][O-])c(O)n2Cc1ccc(Cl)cc1. The Bertz CT molecular complexity index is 794. The fraction of sp³-hybridized carbons (Fsp3) is 0.125. The van der Waals surface area contributed by atoms with Crippen LogP contribution in [0.4, 0.5) is 5.69 Å². The Balaban J connectivity index is 2.13. The maximum absolute atomic E-state index is 11.3. The van der Waals surface area contributed by atoms with Crippen LogP contribution in [0, 0.1) is 12.1 Å². The van der Waals surface area contributed by atoms with Crippen molar-refractivity contribution in [3.8, 4) is 5.88 Å². The Kier molecular flexibility index (Phi) is 3.59. The molecule has 4 nitrogen and oxygen atoms in total. The fourth-order valence-corrected chi connectivity index (χ4v) is 2.66. The highest BCUT2D eigenvalue weighted by Gasteiger charge is 2.18. The van der Waals surface area contributed by atoms with Crippen molar-refractivity contribution < 1.29 is 10.6 Å². The topological polar surface area (TPSA) is 64.8 Å². The maximum Gasteiger partial charge on any atom is 0.256 e. The van der Waals surface area contributed by atoms with Crippen LogP contribution in [0.25, 0.3) is 10.9 Å². The summed E-state index contributed by atoms with van der Waals surface area (Å²) in [6.45, 7) is 2.44. The summed E-state index contributed by atoms with van der Waals surface area (Å²) in [5.41, 5.74) is 3.94.